The molecule has 1 aromatic heterocycles. The molecule has 4 heteroatoms. The third-order valence-electron chi connectivity index (χ3n) is 23.6. The van der Waals surface area contributed by atoms with Crippen molar-refractivity contribution in [3.05, 3.63) is 409 Å². The van der Waals surface area contributed by atoms with Crippen LogP contribution in [0.25, 0.3) is 105 Å². The van der Waals surface area contributed by atoms with E-state index < -0.39 is 5.41 Å². The first-order valence-corrected chi connectivity index (χ1v) is 38.4. The number of fused-ring (bicyclic) bond motifs is 10. The minimum Gasteiger partial charge on any atom is -0.310 e. The van der Waals surface area contributed by atoms with Crippen molar-refractivity contribution in [3.8, 4) is 83.6 Å². The molecule has 16 aromatic carbocycles. The maximum absolute atomic E-state index is 2.75. The molecule has 3 nitrogen and oxygen atoms in total. The van der Waals surface area contributed by atoms with E-state index in [1.807, 2.05) is 0 Å². The molecule has 20 rings (SSSR count). The standard InChI is InChI=1S/C105H80BN3/c1-103(2,3)76-58-55-69(56-59-76)74-57-62-95-92(63-74)106-91-61-60-80(107-93-53-29-26-46-85(93)86-47-27-30-54-94(86)107)68-96(91)109(102-88(72-37-17-9-18-38-72)66-79(104(4,5)6)67-89(102)73-39-19-10-20-40-73)98-65-75(64-97(100(98)106)108(95)101-82(70-33-13-7-14-34-70)49-32-50-83(101)71-35-15-8-16-36-71)81-48-31-51-87-84-45-25-28-52-90(84)105(99(81)87,77-41-21-11-22-42-77)78-43-23-12-24-44-78/h7-68H,1-6H3. The van der Waals surface area contributed by atoms with Crippen LogP contribution >= 0.6 is 0 Å². The predicted molar refractivity (Wildman–Crippen MR) is 462 cm³/mol. The van der Waals surface area contributed by atoms with E-state index in [9.17, 15) is 0 Å². The van der Waals surface area contributed by atoms with E-state index in [0.717, 1.165) is 106 Å². The van der Waals surface area contributed by atoms with Crippen molar-refractivity contribution >= 4 is 79.0 Å². The summed E-state index contributed by atoms with van der Waals surface area (Å²) >= 11 is 0. The van der Waals surface area contributed by atoms with Gasteiger partial charge in [-0.2, -0.15) is 0 Å². The second-order valence-electron chi connectivity index (χ2n) is 31.8. The molecule has 0 saturated heterocycles. The highest BCUT2D eigenvalue weighted by molar-refractivity contribution is 7.00. The van der Waals surface area contributed by atoms with Crippen LogP contribution < -0.4 is 26.2 Å². The molecule has 0 unspecified atom stereocenters. The third kappa shape index (κ3) is 10.5. The van der Waals surface area contributed by atoms with Crippen LogP contribution in [0.15, 0.2) is 376 Å². The highest BCUT2D eigenvalue weighted by atomic mass is 15.2. The first kappa shape index (κ1) is 65.5. The Morgan fingerprint density at radius 3 is 1.23 bits per heavy atom. The van der Waals surface area contributed by atoms with Gasteiger partial charge in [0, 0.05) is 61.5 Å². The summed E-state index contributed by atoms with van der Waals surface area (Å²) in [6, 6.07) is 143. The molecular weight excluding hydrogens is 1310 g/mol. The number of hydrogen-bond donors (Lipinski definition) is 0. The molecule has 518 valence electrons. The van der Waals surface area contributed by atoms with Gasteiger partial charge in [0.1, 0.15) is 0 Å². The monoisotopic (exact) mass is 1390 g/mol. The minimum atomic E-state index is -0.734. The minimum absolute atomic E-state index is 0.0194. The lowest BCUT2D eigenvalue weighted by molar-refractivity contribution is 0.590. The van der Waals surface area contributed by atoms with Gasteiger partial charge in [-0.05, 0) is 171 Å². The Bertz CT molecular complexity index is 6200. The van der Waals surface area contributed by atoms with E-state index in [0.29, 0.717) is 0 Å². The fourth-order valence-corrected chi connectivity index (χ4v) is 18.5. The zero-order chi connectivity index (χ0) is 73.3. The summed E-state index contributed by atoms with van der Waals surface area (Å²) in [5.74, 6) is 0. The second-order valence-corrected chi connectivity index (χ2v) is 31.8. The van der Waals surface area contributed by atoms with Crippen LogP contribution in [0.3, 0.4) is 0 Å². The van der Waals surface area contributed by atoms with Crippen LogP contribution in [0.5, 0.6) is 0 Å². The van der Waals surface area contributed by atoms with E-state index in [4.69, 9.17) is 0 Å². The molecule has 109 heavy (non-hydrogen) atoms. The number of para-hydroxylation sites is 3. The summed E-state index contributed by atoms with van der Waals surface area (Å²) in [6.45, 7) is 13.7. The van der Waals surface area contributed by atoms with Crippen molar-refractivity contribution in [2.75, 3.05) is 9.80 Å². The molecule has 3 aliphatic rings. The van der Waals surface area contributed by atoms with Crippen molar-refractivity contribution in [2.45, 2.75) is 57.8 Å². The van der Waals surface area contributed by atoms with Gasteiger partial charge in [-0.3, -0.25) is 0 Å². The summed E-state index contributed by atoms with van der Waals surface area (Å²) in [5.41, 5.74) is 36.5. The number of rotatable bonds is 11. The van der Waals surface area contributed by atoms with Crippen LogP contribution in [0, 0.1) is 0 Å². The van der Waals surface area contributed by atoms with E-state index in [-0.39, 0.29) is 17.5 Å². The molecule has 0 spiro atoms. The van der Waals surface area contributed by atoms with Crippen molar-refractivity contribution in [1.29, 1.82) is 0 Å². The van der Waals surface area contributed by atoms with Gasteiger partial charge in [0.15, 0.2) is 0 Å². The maximum Gasteiger partial charge on any atom is 0.252 e. The van der Waals surface area contributed by atoms with Gasteiger partial charge in [0.25, 0.3) is 6.71 Å². The molecule has 0 N–H and O–H groups in total. The molecule has 0 radical (unpaired) electrons. The second kappa shape index (κ2) is 25.6. The molecule has 0 bridgehead atoms. The van der Waals surface area contributed by atoms with Gasteiger partial charge in [-0.1, -0.05) is 363 Å². The lowest BCUT2D eigenvalue weighted by atomic mass is 9.33. The number of aromatic nitrogens is 1. The lowest BCUT2D eigenvalue weighted by Crippen LogP contribution is -2.61. The van der Waals surface area contributed by atoms with Crippen molar-refractivity contribution in [2.24, 2.45) is 0 Å². The predicted octanol–water partition coefficient (Wildman–Crippen LogP) is 25.8. The summed E-state index contributed by atoms with van der Waals surface area (Å²) < 4.78 is 2.51. The summed E-state index contributed by atoms with van der Waals surface area (Å²) in [6.07, 6.45) is 0. The molecule has 17 aromatic rings. The van der Waals surface area contributed by atoms with Gasteiger partial charge < -0.3 is 14.4 Å². The van der Waals surface area contributed by atoms with Crippen LogP contribution in [-0.2, 0) is 16.2 Å². The van der Waals surface area contributed by atoms with E-state index in [2.05, 4.69) is 432 Å². The van der Waals surface area contributed by atoms with E-state index >= 15 is 0 Å². The van der Waals surface area contributed by atoms with E-state index in [1.54, 1.807) is 0 Å². The Kier molecular flexibility index (Phi) is 15.4. The Morgan fingerprint density at radius 1 is 0.266 bits per heavy atom. The molecule has 1 aliphatic carbocycles. The lowest BCUT2D eigenvalue weighted by Gasteiger charge is -2.46. The van der Waals surface area contributed by atoms with Crippen molar-refractivity contribution in [3.63, 3.8) is 0 Å². The van der Waals surface area contributed by atoms with Crippen LogP contribution in [-0.4, -0.2) is 11.3 Å². The SMILES string of the molecule is CC(C)(C)c1ccc(-c2ccc3c(c2)B2c4ccc(-n5c6ccccc6c6ccccc65)cc4N(c4c(-c5ccccc5)cc(C(C)(C)C)cc4-c4ccccc4)c4cc(-c5cccc6c5C(c5ccccc5)(c5ccccc5)c5ccccc5-6)cc(c42)N3c2c(-c3ccccc3)cccc2-c2ccccc2)cc1. The van der Waals surface area contributed by atoms with Gasteiger partial charge in [0.2, 0.25) is 0 Å². The quantitative estimate of drug-likeness (QED) is 0.120. The zero-order valence-corrected chi connectivity index (χ0v) is 62.2. The number of hydrogen-bond acceptors (Lipinski definition) is 2. The largest absolute Gasteiger partial charge is 0.310 e. The topological polar surface area (TPSA) is 11.4 Å². The normalized spacial score (nSPS) is 13.2. The molecule has 0 saturated carbocycles. The summed E-state index contributed by atoms with van der Waals surface area (Å²) in [4.78, 5) is 5.46. The highest BCUT2D eigenvalue weighted by Gasteiger charge is 2.50. The maximum atomic E-state index is 2.75. The van der Waals surface area contributed by atoms with Crippen LogP contribution in [0.1, 0.15) is 74.9 Å². The fraction of sp³-hybridized carbons (Fsp3) is 0.0857. The van der Waals surface area contributed by atoms with Gasteiger partial charge in [-0.15, -0.1) is 0 Å². The molecule has 0 fully saturated rings. The molecule has 2 aliphatic heterocycles. The first-order chi connectivity index (χ1) is 53.4. The average molecular weight is 1390 g/mol. The van der Waals surface area contributed by atoms with Crippen molar-refractivity contribution in [1.82, 2.24) is 4.57 Å². The fourth-order valence-electron chi connectivity index (χ4n) is 18.5. The first-order valence-electron chi connectivity index (χ1n) is 38.4. The molecule has 0 atom stereocenters. The number of benzene rings is 16. The molecule has 0 amide bonds. The summed E-state index contributed by atoms with van der Waals surface area (Å²) in [7, 11) is 0. The van der Waals surface area contributed by atoms with Gasteiger partial charge >= 0.3 is 0 Å². The smallest absolute Gasteiger partial charge is 0.252 e. The molecular formula is C105H80BN3. The highest BCUT2D eigenvalue weighted by Crippen LogP contribution is 2.61. The Labute approximate surface area is 640 Å². The van der Waals surface area contributed by atoms with Crippen molar-refractivity contribution < 1.29 is 0 Å². The van der Waals surface area contributed by atoms with Crippen LogP contribution in [0.2, 0.25) is 0 Å². The van der Waals surface area contributed by atoms with Gasteiger partial charge in [0.05, 0.1) is 27.8 Å². The molecule has 3 heterocycles. The zero-order valence-electron chi connectivity index (χ0n) is 62.2. The third-order valence-corrected chi connectivity index (χ3v) is 23.6. The Balaban J connectivity index is 0.999. The Morgan fingerprint density at radius 2 is 0.697 bits per heavy atom. The summed E-state index contributed by atoms with van der Waals surface area (Å²) in [5, 5.41) is 2.44. The number of nitrogens with zero attached hydrogens (tertiary/aromatic N) is 3. The Hall–Kier alpha value is -13.0. The van der Waals surface area contributed by atoms with E-state index in [1.165, 1.54) is 82.8 Å². The van der Waals surface area contributed by atoms with Gasteiger partial charge in [-0.25, -0.2) is 0 Å². The average Bonchev–Trinajstić information content (AvgIpc) is 1.54. The van der Waals surface area contributed by atoms with Crippen LogP contribution in [0.4, 0.5) is 34.1 Å². The number of anilines is 6.